The Hall–Kier alpha value is -7.42. The predicted octanol–water partition coefficient (Wildman–Crippen LogP) is 7.67. The molecule has 0 radical (unpaired) electrons. The Morgan fingerprint density at radius 3 is 2.28 bits per heavy atom. The summed E-state index contributed by atoms with van der Waals surface area (Å²) in [4.78, 5) is 110. The molecule has 9 rings (SSSR count). The SMILES string of the molecule is CC1CN(CC(=O)N2CC(C)(C(=O)Nc3ccc4c(c3)CN(C(=O)[C@@H](NC(=O)[C@H](C)N(C)C(=O)OC(C)(C)C)C(C)(C)C)[C@H](C(=O)N[C@@H]3CCCc5ccccc53)C4)c3ccc(Cc4ccc(F)cc4)cc32)C(CN2CCOC[C@H]2C)CN1C(=O)O. The summed E-state index contributed by atoms with van der Waals surface area (Å²) < 4.78 is 25.3. The normalized spacial score (nSPS) is 23.2. The number of fused-ring (bicyclic) bond motifs is 3. The van der Waals surface area contributed by atoms with Gasteiger partial charge in [0.05, 0.1) is 31.2 Å². The lowest BCUT2D eigenvalue weighted by molar-refractivity contribution is -0.147. The maximum atomic E-state index is 15.4. The number of hydrogen-bond donors (Lipinski definition) is 4. The van der Waals surface area contributed by atoms with Crippen LogP contribution < -0.4 is 20.9 Å². The zero-order valence-corrected chi connectivity index (χ0v) is 51.7. The minimum atomic E-state index is -1.29. The molecule has 19 nitrogen and oxygen atoms in total. The zero-order valence-electron chi connectivity index (χ0n) is 51.7. The molecule has 86 heavy (non-hydrogen) atoms. The number of likely N-dealkylation sites (N-methyl/N-ethyl adjacent to an activating group) is 1. The third-order valence-corrected chi connectivity index (χ3v) is 17.9. The van der Waals surface area contributed by atoms with E-state index in [1.165, 1.54) is 33.9 Å². The fraction of sp³-hybridized carbons (Fsp3) is 0.530. The van der Waals surface area contributed by atoms with Crippen molar-refractivity contribution < 1.29 is 52.5 Å². The van der Waals surface area contributed by atoms with Crippen LogP contribution in [0, 0.1) is 11.2 Å². The molecule has 5 aliphatic rings. The van der Waals surface area contributed by atoms with E-state index >= 15 is 14.4 Å². The first-order valence-electron chi connectivity index (χ1n) is 30.2. The second-order valence-corrected chi connectivity index (χ2v) is 26.6. The molecule has 0 saturated carbocycles. The van der Waals surface area contributed by atoms with Crippen molar-refractivity contribution in [2.24, 2.45) is 5.41 Å². The highest BCUT2D eigenvalue weighted by molar-refractivity contribution is 6.07. The molecule has 4 aromatic rings. The van der Waals surface area contributed by atoms with E-state index in [1.54, 1.807) is 50.8 Å². The Balaban J connectivity index is 1.00. The van der Waals surface area contributed by atoms with E-state index in [-0.39, 0.29) is 74.4 Å². The molecule has 1 aliphatic carbocycles. The van der Waals surface area contributed by atoms with Crippen molar-refractivity contribution in [2.45, 2.75) is 161 Å². The average Bonchev–Trinajstić information content (AvgIpc) is 1.84. The summed E-state index contributed by atoms with van der Waals surface area (Å²) in [6, 6.07) is 21.4. The molecule has 4 N–H and O–H groups in total. The van der Waals surface area contributed by atoms with Crippen LogP contribution in [0.3, 0.4) is 0 Å². The number of benzene rings is 4. The van der Waals surface area contributed by atoms with Crippen molar-refractivity contribution in [3.05, 3.63) is 130 Å². The first-order chi connectivity index (χ1) is 40.6. The first kappa shape index (κ1) is 63.1. The van der Waals surface area contributed by atoms with Crippen LogP contribution in [0.1, 0.15) is 127 Å². The van der Waals surface area contributed by atoms with Crippen LogP contribution in [0.4, 0.5) is 25.4 Å². The second kappa shape index (κ2) is 25.5. The molecule has 4 aliphatic heterocycles. The number of hydrogen-bond acceptors (Lipinski definition) is 11. The molecule has 3 unspecified atom stereocenters. The Morgan fingerprint density at radius 2 is 1.58 bits per heavy atom. The van der Waals surface area contributed by atoms with E-state index in [4.69, 9.17) is 9.47 Å². The van der Waals surface area contributed by atoms with Crippen LogP contribution in [-0.4, -0.2) is 173 Å². The Labute approximate surface area is 504 Å². The van der Waals surface area contributed by atoms with Gasteiger partial charge in [0.15, 0.2) is 0 Å². The molecule has 2 saturated heterocycles. The van der Waals surface area contributed by atoms with E-state index in [0.717, 1.165) is 47.1 Å². The molecule has 0 aromatic heterocycles. The van der Waals surface area contributed by atoms with Gasteiger partial charge in [-0.05, 0) is 149 Å². The summed E-state index contributed by atoms with van der Waals surface area (Å²) in [6.45, 7) is 20.7. The summed E-state index contributed by atoms with van der Waals surface area (Å²) in [5.41, 5.74) is 4.01. The Bertz CT molecular complexity index is 3220. The number of halogens is 1. The first-order valence-corrected chi connectivity index (χ1v) is 30.2. The third kappa shape index (κ3) is 14.0. The van der Waals surface area contributed by atoms with Gasteiger partial charge in [0.25, 0.3) is 0 Å². The monoisotopic (exact) mass is 1180 g/mol. The molecule has 2 fully saturated rings. The molecular formula is C66H86FN9O10. The molecule has 0 bridgehead atoms. The van der Waals surface area contributed by atoms with Gasteiger partial charge in [-0.15, -0.1) is 0 Å². The van der Waals surface area contributed by atoms with E-state index in [9.17, 15) is 28.7 Å². The number of aryl methyl sites for hydroxylation is 1. The predicted molar refractivity (Wildman–Crippen MR) is 325 cm³/mol. The Kier molecular flexibility index (Phi) is 18.7. The lowest BCUT2D eigenvalue weighted by Gasteiger charge is -2.47. The zero-order chi connectivity index (χ0) is 62.2. The van der Waals surface area contributed by atoms with Gasteiger partial charge >= 0.3 is 12.2 Å². The summed E-state index contributed by atoms with van der Waals surface area (Å²) >= 11 is 0. The third-order valence-electron chi connectivity index (χ3n) is 17.9. The van der Waals surface area contributed by atoms with Gasteiger partial charge in [0.2, 0.25) is 29.5 Å². The number of nitrogens with zero attached hydrogens (tertiary/aromatic N) is 6. The molecule has 0 spiro atoms. The molecule has 7 amide bonds. The van der Waals surface area contributed by atoms with Crippen LogP contribution in [0.2, 0.25) is 0 Å². The van der Waals surface area contributed by atoms with Crippen LogP contribution in [0.5, 0.6) is 0 Å². The molecule has 4 heterocycles. The van der Waals surface area contributed by atoms with Crippen molar-refractivity contribution in [1.82, 2.24) is 35.1 Å². The largest absolute Gasteiger partial charge is 0.465 e. The van der Waals surface area contributed by atoms with Gasteiger partial charge in [-0.2, -0.15) is 0 Å². The number of ether oxygens (including phenoxy) is 2. The van der Waals surface area contributed by atoms with Gasteiger partial charge < -0.3 is 45.2 Å². The minimum Gasteiger partial charge on any atom is -0.465 e. The van der Waals surface area contributed by atoms with Gasteiger partial charge in [-0.3, -0.25) is 38.7 Å². The standard InChI is InChI=1S/C66H86FN9O10/c1-40-33-73(50(36-74(40)62(82)83)35-72-27-28-85-38-41(72)2)37-56(77)76-39-66(10,52-26-21-44(30-54(52)76)29-43-19-23-48(67)24-20-43)61(81)68-49-25-22-46-32-55(59(79)69-53-18-14-16-45-15-12-13-17-51(45)53)75(34-47(46)31-49)60(80)57(64(4,5)6)70-58(78)42(3)71(11)63(84)86-65(7,8)9/h12-13,15,17,19-26,30-31,40-42,50,53,55,57H,14,16,18,27-29,32-39H2,1-11H3,(H,68,81)(H,69,79)(H,70,78)(H,82,83)/t40?,41-,42+,50?,53-,55+,57-,66?/m1/s1. The van der Waals surface area contributed by atoms with Crippen LogP contribution in [0.15, 0.2) is 84.9 Å². The highest BCUT2D eigenvalue weighted by Crippen LogP contribution is 2.43. The lowest BCUT2D eigenvalue weighted by atomic mass is 9.82. The van der Waals surface area contributed by atoms with E-state index in [0.29, 0.717) is 61.8 Å². The fourth-order valence-corrected chi connectivity index (χ4v) is 12.7. The lowest BCUT2D eigenvalue weighted by Crippen LogP contribution is -2.64. The molecular weight excluding hydrogens is 1100 g/mol. The van der Waals surface area contributed by atoms with Crippen molar-refractivity contribution in [1.29, 1.82) is 0 Å². The molecule has 4 aromatic carbocycles. The van der Waals surface area contributed by atoms with Crippen LogP contribution in [0.25, 0.3) is 0 Å². The van der Waals surface area contributed by atoms with Gasteiger partial charge in [-0.25, -0.2) is 14.0 Å². The number of nitrogens with one attached hydrogen (secondary N) is 3. The number of carboxylic acid groups (broad SMARTS) is 1. The summed E-state index contributed by atoms with van der Waals surface area (Å²) in [7, 11) is 1.46. The summed E-state index contributed by atoms with van der Waals surface area (Å²) in [5, 5.41) is 19.6. The topological polar surface area (TPSA) is 214 Å². The van der Waals surface area contributed by atoms with Crippen molar-refractivity contribution in [3.8, 4) is 0 Å². The number of anilines is 2. The Morgan fingerprint density at radius 1 is 0.860 bits per heavy atom. The summed E-state index contributed by atoms with van der Waals surface area (Å²) in [5.74, 6) is -2.43. The quantitative estimate of drug-likeness (QED) is 0.0958. The van der Waals surface area contributed by atoms with Gasteiger partial charge in [-0.1, -0.05) is 75.4 Å². The van der Waals surface area contributed by atoms with Crippen molar-refractivity contribution in [2.75, 3.05) is 69.7 Å². The maximum Gasteiger partial charge on any atom is 0.410 e. The molecule has 462 valence electrons. The van der Waals surface area contributed by atoms with Gasteiger partial charge in [0.1, 0.15) is 29.5 Å². The number of carbonyl (C=O) groups excluding carboxylic acids is 6. The highest BCUT2D eigenvalue weighted by atomic mass is 19.1. The highest BCUT2D eigenvalue weighted by Gasteiger charge is 2.49. The summed E-state index contributed by atoms with van der Waals surface area (Å²) in [6.07, 6.45) is 1.34. The van der Waals surface area contributed by atoms with E-state index in [2.05, 4.69) is 38.7 Å². The number of rotatable bonds is 14. The minimum absolute atomic E-state index is 0.00954. The van der Waals surface area contributed by atoms with Crippen LogP contribution in [-0.2, 0) is 64.7 Å². The van der Waals surface area contributed by atoms with Crippen molar-refractivity contribution >= 4 is 53.1 Å². The molecule has 20 heteroatoms. The van der Waals surface area contributed by atoms with Gasteiger partial charge in [0, 0.05) is 82.2 Å². The van der Waals surface area contributed by atoms with Crippen LogP contribution >= 0.6 is 0 Å². The number of morpholine rings is 1. The van der Waals surface area contributed by atoms with Crippen molar-refractivity contribution in [3.63, 3.8) is 0 Å². The maximum absolute atomic E-state index is 15.4. The fourth-order valence-electron chi connectivity index (χ4n) is 12.7. The van der Waals surface area contributed by atoms with E-state index in [1.807, 2.05) is 83.1 Å². The average molecular weight is 1180 g/mol. The smallest absolute Gasteiger partial charge is 0.410 e. The molecule has 8 atom stereocenters. The second-order valence-electron chi connectivity index (χ2n) is 26.6. The number of amides is 7. The number of piperazine rings is 1. The van der Waals surface area contributed by atoms with E-state index < -0.39 is 64.5 Å². The number of carbonyl (C=O) groups is 7.